The molecule has 80 valence electrons. The topological polar surface area (TPSA) is 29.1 Å². The van der Waals surface area contributed by atoms with E-state index < -0.39 is 5.54 Å². The molecule has 2 nitrogen and oxygen atoms in total. The van der Waals surface area contributed by atoms with Gasteiger partial charge in [-0.05, 0) is 38.5 Å². The number of hydrogen-bond acceptors (Lipinski definition) is 1. The Morgan fingerprint density at radius 1 is 1.47 bits per heavy atom. The quantitative estimate of drug-likeness (QED) is 0.537. The van der Waals surface area contributed by atoms with Crippen molar-refractivity contribution >= 4 is 5.91 Å². The predicted molar refractivity (Wildman–Crippen MR) is 59.9 cm³/mol. The molecule has 2 bridgehead atoms. The van der Waals surface area contributed by atoms with E-state index >= 15 is 0 Å². The normalized spacial score (nSPS) is 32.7. The number of nitrogens with one attached hydrogen (secondary N) is 1. The van der Waals surface area contributed by atoms with E-state index in [1.54, 1.807) is 0 Å². The van der Waals surface area contributed by atoms with Gasteiger partial charge in [0.05, 0.1) is 5.54 Å². The van der Waals surface area contributed by atoms with Gasteiger partial charge in [-0.1, -0.05) is 18.1 Å². The molecule has 3 atom stereocenters. The molecule has 0 heterocycles. The molecule has 0 aromatic rings. The number of hydrogen-bond donors (Lipinski definition) is 1. The van der Waals surface area contributed by atoms with Crippen LogP contribution in [-0.4, -0.2) is 11.4 Å². The van der Waals surface area contributed by atoms with E-state index in [9.17, 15) is 4.79 Å². The van der Waals surface area contributed by atoms with E-state index in [-0.39, 0.29) is 11.8 Å². The second-order valence-corrected chi connectivity index (χ2v) is 5.15. The van der Waals surface area contributed by atoms with Gasteiger partial charge in [0.25, 0.3) is 0 Å². The van der Waals surface area contributed by atoms with Gasteiger partial charge in [0, 0.05) is 5.92 Å². The molecule has 0 spiro atoms. The van der Waals surface area contributed by atoms with Crippen LogP contribution in [0.3, 0.4) is 0 Å². The van der Waals surface area contributed by atoms with Crippen molar-refractivity contribution in [1.29, 1.82) is 0 Å². The van der Waals surface area contributed by atoms with E-state index in [2.05, 4.69) is 23.4 Å². The van der Waals surface area contributed by atoms with Gasteiger partial charge in [-0.15, -0.1) is 6.42 Å². The van der Waals surface area contributed by atoms with Crippen LogP contribution in [0.1, 0.15) is 26.7 Å². The smallest absolute Gasteiger partial charge is 0.224 e. The van der Waals surface area contributed by atoms with Gasteiger partial charge in [0.15, 0.2) is 0 Å². The van der Waals surface area contributed by atoms with Crippen molar-refractivity contribution in [3.8, 4) is 12.3 Å². The lowest BCUT2D eigenvalue weighted by Gasteiger charge is -2.24. The Morgan fingerprint density at radius 3 is 2.67 bits per heavy atom. The molecule has 0 aliphatic heterocycles. The van der Waals surface area contributed by atoms with Crippen molar-refractivity contribution in [2.75, 3.05) is 0 Å². The number of allylic oxidation sites excluding steroid dienone is 2. The summed E-state index contributed by atoms with van der Waals surface area (Å²) >= 11 is 0. The minimum atomic E-state index is -0.525. The molecule has 2 heteroatoms. The molecule has 2 aliphatic carbocycles. The van der Waals surface area contributed by atoms with Crippen LogP contribution in [0.15, 0.2) is 12.2 Å². The van der Waals surface area contributed by atoms with E-state index in [1.807, 2.05) is 13.8 Å². The van der Waals surface area contributed by atoms with Crippen LogP contribution in [0.25, 0.3) is 0 Å². The highest BCUT2D eigenvalue weighted by molar-refractivity contribution is 5.81. The van der Waals surface area contributed by atoms with Crippen molar-refractivity contribution in [2.45, 2.75) is 32.2 Å². The summed E-state index contributed by atoms with van der Waals surface area (Å²) < 4.78 is 0. The number of rotatable bonds is 2. The van der Waals surface area contributed by atoms with Gasteiger partial charge < -0.3 is 5.32 Å². The second kappa shape index (κ2) is 3.41. The first-order chi connectivity index (χ1) is 7.02. The van der Waals surface area contributed by atoms with Gasteiger partial charge >= 0.3 is 0 Å². The standard InChI is InChI=1S/C13H17NO/c1-4-13(2,3)14-12(15)11-8-9-5-6-10(11)7-9/h1,5-6,9-11H,7-8H2,2-3H3,(H,14,15). The molecule has 0 radical (unpaired) electrons. The minimum absolute atomic E-state index is 0.120. The van der Waals surface area contributed by atoms with Crippen molar-refractivity contribution in [3.05, 3.63) is 12.2 Å². The molecular formula is C13H17NO. The Hall–Kier alpha value is -1.23. The van der Waals surface area contributed by atoms with Gasteiger partial charge in [-0.25, -0.2) is 0 Å². The number of terminal acetylenes is 1. The molecule has 2 rings (SSSR count). The van der Waals surface area contributed by atoms with Gasteiger partial charge in [0.2, 0.25) is 5.91 Å². The van der Waals surface area contributed by atoms with E-state index in [1.165, 1.54) is 0 Å². The molecule has 0 aromatic carbocycles. The third-order valence-corrected chi connectivity index (χ3v) is 3.41. The second-order valence-electron chi connectivity index (χ2n) is 5.15. The van der Waals surface area contributed by atoms with Crippen molar-refractivity contribution in [3.63, 3.8) is 0 Å². The fourth-order valence-electron chi connectivity index (χ4n) is 2.52. The maximum atomic E-state index is 12.0. The first-order valence-electron chi connectivity index (χ1n) is 5.50. The predicted octanol–water partition coefficient (Wildman–Crippen LogP) is 1.73. The van der Waals surface area contributed by atoms with Crippen LogP contribution >= 0.6 is 0 Å². The Balaban J connectivity index is 1.99. The molecule has 2 aliphatic rings. The summed E-state index contributed by atoms with van der Waals surface area (Å²) in [5, 5.41) is 2.92. The molecule has 1 amide bonds. The maximum Gasteiger partial charge on any atom is 0.224 e. The SMILES string of the molecule is C#CC(C)(C)NC(=O)C1CC2C=CC1C2. The molecule has 1 fully saturated rings. The Bertz CT molecular complexity index is 348. The Labute approximate surface area is 91.1 Å². The largest absolute Gasteiger partial charge is 0.340 e. The van der Waals surface area contributed by atoms with E-state index in [4.69, 9.17) is 6.42 Å². The summed E-state index contributed by atoms with van der Waals surface area (Å²) in [4.78, 5) is 12.0. The first kappa shape index (κ1) is 10.3. The summed E-state index contributed by atoms with van der Waals surface area (Å²) in [5.41, 5.74) is -0.525. The third-order valence-electron chi connectivity index (χ3n) is 3.41. The maximum absolute atomic E-state index is 12.0. The summed E-state index contributed by atoms with van der Waals surface area (Å²) in [6, 6.07) is 0. The van der Waals surface area contributed by atoms with E-state index in [0.717, 1.165) is 12.8 Å². The summed E-state index contributed by atoms with van der Waals surface area (Å²) in [6.07, 6.45) is 11.9. The van der Waals surface area contributed by atoms with Gasteiger partial charge in [-0.3, -0.25) is 4.79 Å². The van der Waals surface area contributed by atoms with Gasteiger partial charge in [0.1, 0.15) is 0 Å². The highest BCUT2D eigenvalue weighted by Crippen LogP contribution is 2.43. The molecule has 0 saturated heterocycles. The number of carbonyl (C=O) groups excluding carboxylic acids is 1. The average Bonchev–Trinajstić information content (AvgIpc) is 2.78. The molecule has 15 heavy (non-hydrogen) atoms. The summed E-state index contributed by atoms with van der Waals surface area (Å²) in [5.74, 6) is 3.93. The van der Waals surface area contributed by atoms with Crippen LogP contribution in [0.5, 0.6) is 0 Å². The Morgan fingerprint density at radius 2 is 2.20 bits per heavy atom. The zero-order chi connectivity index (χ0) is 11.1. The lowest BCUT2D eigenvalue weighted by Crippen LogP contribution is -2.45. The van der Waals surface area contributed by atoms with Gasteiger partial charge in [-0.2, -0.15) is 0 Å². The zero-order valence-corrected chi connectivity index (χ0v) is 9.29. The fraction of sp³-hybridized carbons (Fsp3) is 0.615. The van der Waals surface area contributed by atoms with Crippen molar-refractivity contribution in [2.24, 2.45) is 17.8 Å². The Kier molecular flexibility index (Phi) is 2.34. The highest BCUT2D eigenvalue weighted by atomic mass is 16.2. The summed E-state index contributed by atoms with van der Waals surface area (Å²) in [7, 11) is 0. The lowest BCUT2D eigenvalue weighted by molar-refractivity contribution is -0.126. The van der Waals surface area contributed by atoms with Crippen molar-refractivity contribution in [1.82, 2.24) is 5.32 Å². The number of amides is 1. The number of fused-ring (bicyclic) bond motifs is 2. The lowest BCUT2D eigenvalue weighted by atomic mass is 9.91. The summed E-state index contributed by atoms with van der Waals surface area (Å²) in [6.45, 7) is 3.71. The fourth-order valence-corrected chi connectivity index (χ4v) is 2.52. The third kappa shape index (κ3) is 1.92. The van der Waals surface area contributed by atoms with Crippen LogP contribution in [-0.2, 0) is 4.79 Å². The van der Waals surface area contributed by atoms with Crippen LogP contribution in [0.4, 0.5) is 0 Å². The average molecular weight is 203 g/mol. The molecule has 0 aromatic heterocycles. The van der Waals surface area contributed by atoms with Crippen LogP contribution < -0.4 is 5.32 Å². The molecule has 3 unspecified atom stereocenters. The first-order valence-corrected chi connectivity index (χ1v) is 5.50. The zero-order valence-electron chi connectivity index (χ0n) is 9.29. The van der Waals surface area contributed by atoms with E-state index in [0.29, 0.717) is 11.8 Å². The monoisotopic (exact) mass is 203 g/mol. The van der Waals surface area contributed by atoms with Crippen molar-refractivity contribution < 1.29 is 4.79 Å². The van der Waals surface area contributed by atoms with Crippen LogP contribution in [0.2, 0.25) is 0 Å². The molecular weight excluding hydrogens is 186 g/mol. The highest BCUT2D eigenvalue weighted by Gasteiger charge is 2.40. The molecule has 1 N–H and O–H groups in total. The molecule has 1 saturated carbocycles. The number of carbonyl (C=O) groups is 1. The minimum Gasteiger partial charge on any atom is -0.340 e. The van der Waals surface area contributed by atoms with Crippen LogP contribution in [0, 0.1) is 30.1 Å².